The van der Waals surface area contributed by atoms with Crippen LogP contribution in [-0.2, 0) is 6.54 Å². The molecule has 2 aromatic rings. The van der Waals surface area contributed by atoms with Crippen molar-refractivity contribution in [3.63, 3.8) is 0 Å². The van der Waals surface area contributed by atoms with Gasteiger partial charge in [-0.05, 0) is 47.8 Å². The van der Waals surface area contributed by atoms with Gasteiger partial charge in [-0.3, -0.25) is 0 Å². The van der Waals surface area contributed by atoms with E-state index in [1.54, 1.807) is 0 Å². The Morgan fingerprint density at radius 1 is 1.43 bits per heavy atom. The summed E-state index contributed by atoms with van der Waals surface area (Å²) in [6.45, 7) is 1.30. The topological polar surface area (TPSA) is 99.3 Å². The van der Waals surface area contributed by atoms with Gasteiger partial charge in [0.15, 0.2) is 0 Å². The first-order valence-corrected chi connectivity index (χ1v) is 9.66. The van der Waals surface area contributed by atoms with Gasteiger partial charge in [-0.25, -0.2) is 5.84 Å². The summed E-state index contributed by atoms with van der Waals surface area (Å²) in [5.74, 6) is 6.26. The number of rotatable bonds is 6. The van der Waals surface area contributed by atoms with E-state index >= 15 is 0 Å². The molecule has 150 valence electrons. The molecule has 1 unspecified atom stereocenters. The summed E-state index contributed by atoms with van der Waals surface area (Å²) in [5.41, 5.74) is 3.49. The average molecular weight is 410 g/mol. The van der Waals surface area contributed by atoms with Crippen molar-refractivity contribution in [1.82, 2.24) is 5.01 Å². The fourth-order valence-electron chi connectivity index (χ4n) is 3.23. The van der Waals surface area contributed by atoms with Gasteiger partial charge in [0.25, 0.3) is 0 Å². The van der Waals surface area contributed by atoms with Gasteiger partial charge >= 0.3 is 6.18 Å². The number of nitrogens with two attached hydrogens (primary N) is 2. The lowest BCUT2D eigenvalue weighted by molar-refractivity contribution is -0.245. The second kappa shape index (κ2) is 7.28. The van der Waals surface area contributed by atoms with Crippen molar-refractivity contribution < 1.29 is 18.3 Å². The number of halogens is 3. The zero-order valence-corrected chi connectivity index (χ0v) is 16.1. The Kier molecular flexibility index (Phi) is 5.32. The number of fused-ring (bicyclic) bond motifs is 1. The molecule has 0 saturated heterocycles. The van der Waals surface area contributed by atoms with E-state index in [2.05, 4.69) is 6.07 Å². The molecular weight excluding hydrogens is 389 g/mol. The Morgan fingerprint density at radius 2 is 2.11 bits per heavy atom. The largest absolute Gasteiger partial charge is 0.422 e. The van der Waals surface area contributed by atoms with E-state index in [-0.39, 0.29) is 6.54 Å². The van der Waals surface area contributed by atoms with Crippen molar-refractivity contribution in [1.29, 1.82) is 5.26 Å². The highest BCUT2D eigenvalue weighted by Gasteiger charge is 2.54. The number of alkyl halides is 3. The third kappa shape index (κ3) is 3.68. The molecule has 1 fully saturated rings. The number of aliphatic hydroxyl groups is 1. The molecule has 1 aliphatic carbocycles. The van der Waals surface area contributed by atoms with Gasteiger partial charge in [0.2, 0.25) is 5.60 Å². The molecule has 9 heteroatoms. The van der Waals surface area contributed by atoms with Gasteiger partial charge in [0.05, 0.1) is 12.2 Å². The van der Waals surface area contributed by atoms with Crippen molar-refractivity contribution in [2.75, 3.05) is 0 Å². The van der Waals surface area contributed by atoms with E-state index in [0.29, 0.717) is 10.8 Å². The number of hydrogen-bond acceptors (Lipinski definition) is 6. The summed E-state index contributed by atoms with van der Waals surface area (Å²) in [7, 11) is 0. The molecule has 0 aliphatic heterocycles. The van der Waals surface area contributed by atoms with Crippen LogP contribution >= 0.6 is 11.3 Å². The highest BCUT2D eigenvalue weighted by atomic mass is 32.1. The lowest BCUT2D eigenvalue weighted by Crippen LogP contribution is -2.49. The third-order valence-corrected chi connectivity index (χ3v) is 6.08. The van der Waals surface area contributed by atoms with Crippen molar-refractivity contribution in [3.8, 4) is 6.07 Å². The number of hydrazine groups is 1. The first-order chi connectivity index (χ1) is 13.1. The first kappa shape index (κ1) is 20.5. The molecular formula is C19H21F3N4OS. The quantitative estimate of drug-likeness (QED) is 0.497. The number of nitrogens with zero attached hydrogens (tertiary/aromatic N) is 2. The Labute approximate surface area is 164 Å². The predicted octanol–water partition coefficient (Wildman–Crippen LogP) is 3.83. The Hall–Kier alpha value is -2.28. The van der Waals surface area contributed by atoms with Crippen LogP contribution in [0, 0.1) is 11.3 Å². The number of benzene rings is 1. The monoisotopic (exact) mass is 410 g/mol. The highest BCUT2D eigenvalue weighted by Crippen LogP contribution is 2.47. The predicted molar refractivity (Wildman–Crippen MR) is 102 cm³/mol. The van der Waals surface area contributed by atoms with Crippen LogP contribution in [-0.4, -0.2) is 21.9 Å². The standard InChI is InChI=1S/C19H21F3N4OS/c1-2-18(27,19(20,21)22)16(24)10-26(25)9-11-3-6-13-14(7-11)28-15(8-23)17(13)12-4-5-12/h3,6-7,10,12,27H,2,4-5,9,24-25H2,1H3/b16-10-. The van der Waals surface area contributed by atoms with Crippen LogP contribution < -0.4 is 11.6 Å². The highest BCUT2D eigenvalue weighted by molar-refractivity contribution is 7.19. The van der Waals surface area contributed by atoms with Crippen molar-refractivity contribution in [3.05, 3.63) is 46.1 Å². The molecule has 5 N–H and O–H groups in total. The van der Waals surface area contributed by atoms with E-state index in [9.17, 15) is 23.5 Å². The molecule has 0 amide bonds. The molecule has 1 aromatic carbocycles. The SMILES string of the molecule is CCC(O)(/C(N)=C/N(N)Cc1ccc2c(C3CC3)c(C#N)sc2c1)C(F)(F)F. The van der Waals surface area contributed by atoms with E-state index in [1.165, 1.54) is 18.3 Å². The van der Waals surface area contributed by atoms with E-state index in [0.717, 1.165) is 45.3 Å². The maximum absolute atomic E-state index is 13.1. The van der Waals surface area contributed by atoms with E-state index in [1.807, 2.05) is 18.2 Å². The molecule has 1 saturated carbocycles. The summed E-state index contributed by atoms with van der Waals surface area (Å²) < 4.78 is 40.2. The Balaban J connectivity index is 1.83. The molecule has 28 heavy (non-hydrogen) atoms. The molecule has 5 nitrogen and oxygen atoms in total. The van der Waals surface area contributed by atoms with Crippen molar-refractivity contribution in [2.24, 2.45) is 11.6 Å². The maximum atomic E-state index is 13.1. The Bertz CT molecular complexity index is 958. The van der Waals surface area contributed by atoms with Crippen molar-refractivity contribution >= 4 is 21.4 Å². The minimum absolute atomic E-state index is 0.104. The van der Waals surface area contributed by atoms with Gasteiger partial charge in [-0.1, -0.05) is 19.1 Å². The molecule has 1 atom stereocenters. The average Bonchev–Trinajstić information content (AvgIpc) is 3.39. The Morgan fingerprint density at radius 3 is 2.64 bits per heavy atom. The van der Waals surface area contributed by atoms with Gasteiger partial charge in [0, 0.05) is 10.9 Å². The lowest BCUT2D eigenvalue weighted by atomic mass is 9.96. The number of nitriles is 1. The summed E-state index contributed by atoms with van der Waals surface area (Å²) in [5, 5.41) is 21.3. The fourth-order valence-corrected chi connectivity index (χ4v) is 4.38. The van der Waals surface area contributed by atoms with E-state index in [4.69, 9.17) is 11.6 Å². The summed E-state index contributed by atoms with van der Waals surface area (Å²) in [4.78, 5) is 0.710. The second-order valence-electron chi connectivity index (χ2n) is 7.03. The number of thiophene rings is 1. The molecule has 3 rings (SSSR count). The van der Waals surface area contributed by atoms with Crippen LogP contribution in [0.2, 0.25) is 0 Å². The summed E-state index contributed by atoms with van der Waals surface area (Å²) in [6, 6.07) is 7.89. The summed E-state index contributed by atoms with van der Waals surface area (Å²) >= 11 is 1.41. The van der Waals surface area contributed by atoms with Crippen LogP contribution in [0.4, 0.5) is 13.2 Å². The zero-order chi connectivity index (χ0) is 20.7. The van der Waals surface area contributed by atoms with Gasteiger partial charge in [-0.2, -0.15) is 18.4 Å². The molecule has 1 heterocycles. The van der Waals surface area contributed by atoms with Crippen LogP contribution in [0.25, 0.3) is 10.1 Å². The van der Waals surface area contributed by atoms with Crippen LogP contribution in [0.15, 0.2) is 30.1 Å². The summed E-state index contributed by atoms with van der Waals surface area (Å²) in [6.07, 6.45) is -2.43. The van der Waals surface area contributed by atoms with Gasteiger partial charge in [0.1, 0.15) is 10.9 Å². The molecule has 0 radical (unpaired) electrons. The molecule has 0 spiro atoms. The normalized spacial score (nSPS) is 17.4. The number of hydrogen-bond donors (Lipinski definition) is 3. The minimum Gasteiger partial charge on any atom is -0.398 e. The molecule has 0 bridgehead atoms. The fraction of sp³-hybridized carbons (Fsp3) is 0.421. The zero-order valence-electron chi connectivity index (χ0n) is 15.3. The van der Waals surface area contributed by atoms with Gasteiger partial charge < -0.3 is 15.8 Å². The smallest absolute Gasteiger partial charge is 0.398 e. The van der Waals surface area contributed by atoms with E-state index < -0.39 is 23.9 Å². The van der Waals surface area contributed by atoms with Crippen molar-refractivity contribution in [2.45, 2.75) is 50.4 Å². The maximum Gasteiger partial charge on any atom is 0.422 e. The molecule has 1 aliphatic rings. The minimum atomic E-state index is -4.90. The van der Waals surface area contributed by atoms with Gasteiger partial charge in [-0.15, -0.1) is 11.3 Å². The third-order valence-electron chi connectivity index (χ3n) is 5.01. The lowest BCUT2D eigenvalue weighted by Gasteiger charge is -2.30. The van der Waals surface area contributed by atoms with Crippen LogP contribution in [0.5, 0.6) is 0 Å². The second-order valence-corrected chi connectivity index (χ2v) is 8.08. The van der Waals surface area contributed by atoms with Crippen LogP contribution in [0.3, 0.4) is 0 Å². The molecule has 1 aromatic heterocycles. The van der Waals surface area contributed by atoms with Crippen LogP contribution in [0.1, 0.15) is 48.1 Å². The first-order valence-electron chi connectivity index (χ1n) is 8.84.